The molecule has 0 fully saturated rings. The van der Waals surface area contributed by atoms with Crippen molar-refractivity contribution in [3.05, 3.63) is 27.2 Å². The second-order valence-corrected chi connectivity index (χ2v) is 6.02. The van der Waals surface area contributed by atoms with Crippen LogP contribution in [0.5, 0.6) is 0 Å². The molecule has 100 valence electrons. The average molecular weight is 340 g/mol. The van der Waals surface area contributed by atoms with Gasteiger partial charge in [0.1, 0.15) is 5.82 Å². The maximum atomic E-state index is 5.51. The first-order chi connectivity index (χ1) is 9.29. The van der Waals surface area contributed by atoms with Crippen LogP contribution in [0.15, 0.2) is 15.9 Å². The maximum absolute atomic E-state index is 5.51. The van der Waals surface area contributed by atoms with Crippen LogP contribution in [0.4, 0.5) is 5.82 Å². The van der Waals surface area contributed by atoms with E-state index in [4.69, 9.17) is 9.72 Å². The lowest BCUT2D eigenvalue weighted by atomic mass is 10.1. The summed E-state index contributed by atoms with van der Waals surface area (Å²) in [7, 11) is 0. The summed E-state index contributed by atoms with van der Waals surface area (Å²) in [5.41, 5.74) is 2.21. The second-order valence-electron chi connectivity index (χ2n) is 4.25. The van der Waals surface area contributed by atoms with Crippen molar-refractivity contribution < 1.29 is 4.74 Å². The lowest BCUT2D eigenvalue weighted by Crippen LogP contribution is -2.17. The summed E-state index contributed by atoms with van der Waals surface area (Å²) in [5, 5.41) is 5.36. The monoisotopic (exact) mass is 339 g/mol. The Labute approximate surface area is 124 Å². The minimum absolute atomic E-state index is 0.601. The Bertz CT molecular complexity index is 600. The van der Waals surface area contributed by atoms with Crippen LogP contribution in [0.1, 0.15) is 18.2 Å². The van der Waals surface area contributed by atoms with Gasteiger partial charge in [0.05, 0.1) is 23.8 Å². The van der Waals surface area contributed by atoms with Gasteiger partial charge < -0.3 is 10.1 Å². The minimum Gasteiger partial charge on any atom is -0.376 e. The molecule has 2 aromatic heterocycles. The number of hydrogen-bond donors (Lipinski definition) is 1. The van der Waals surface area contributed by atoms with Crippen molar-refractivity contribution in [2.24, 2.45) is 0 Å². The van der Waals surface area contributed by atoms with Crippen LogP contribution in [0, 0.1) is 0 Å². The smallest absolute Gasteiger partial charge is 0.173 e. The van der Waals surface area contributed by atoms with Crippen LogP contribution in [0.2, 0.25) is 0 Å². The number of nitrogens with zero attached hydrogens (tertiary/aromatic N) is 2. The van der Waals surface area contributed by atoms with E-state index >= 15 is 0 Å². The zero-order chi connectivity index (χ0) is 13.2. The molecule has 0 amide bonds. The first-order valence-electron chi connectivity index (χ1n) is 6.24. The van der Waals surface area contributed by atoms with Gasteiger partial charge in [0.25, 0.3) is 0 Å². The number of thiophene rings is 1. The molecule has 0 saturated heterocycles. The second kappa shape index (κ2) is 5.56. The van der Waals surface area contributed by atoms with E-state index in [1.165, 1.54) is 0 Å². The Kier molecular flexibility index (Phi) is 3.81. The van der Waals surface area contributed by atoms with E-state index in [1.807, 2.05) is 11.4 Å². The van der Waals surface area contributed by atoms with Crippen LogP contribution in [0.25, 0.3) is 10.7 Å². The quantitative estimate of drug-likeness (QED) is 0.929. The van der Waals surface area contributed by atoms with Crippen LogP contribution in [-0.2, 0) is 17.8 Å². The van der Waals surface area contributed by atoms with Crippen LogP contribution in [-0.4, -0.2) is 23.1 Å². The number of anilines is 1. The average Bonchev–Trinajstić information content (AvgIpc) is 2.85. The van der Waals surface area contributed by atoms with E-state index in [9.17, 15) is 0 Å². The zero-order valence-electron chi connectivity index (χ0n) is 10.6. The number of hydrogen-bond acceptors (Lipinski definition) is 5. The number of halogens is 1. The van der Waals surface area contributed by atoms with Crippen molar-refractivity contribution in [3.63, 3.8) is 0 Å². The molecular weight excluding hydrogens is 326 g/mol. The highest BCUT2D eigenvalue weighted by atomic mass is 79.9. The highest BCUT2D eigenvalue weighted by molar-refractivity contribution is 9.10. The molecule has 1 aliphatic rings. The Hall–Kier alpha value is -0.980. The van der Waals surface area contributed by atoms with Crippen molar-refractivity contribution >= 4 is 33.1 Å². The Morgan fingerprint density at radius 2 is 2.37 bits per heavy atom. The first kappa shape index (κ1) is 13.0. The molecule has 19 heavy (non-hydrogen) atoms. The van der Waals surface area contributed by atoms with Gasteiger partial charge >= 0.3 is 0 Å². The summed E-state index contributed by atoms with van der Waals surface area (Å²) < 4.78 is 6.56. The zero-order valence-corrected chi connectivity index (χ0v) is 13.0. The molecule has 0 bridgehead atoms. The van der Waals surface area contributed by atoms with Crippen LogP contribution < -0.4 is 5.32 Å². The molecule has 0 atom stereocenters. The Balaban J connectivity index is 2.11. The number of nitrogens with one attached hydrogen (secondary N) is 1. The molecule has 3 rings (SSSR count). The number of rotatable bonds is 3. The molecule has 4 nitrogen and oxygen atoms in total. The van der Waals surface area contributed by atoms with Crippen molar-refractivity contribution in [3.8, 4) is 10.7 Å². The van der Waals surface area contributed by atoms with Gasteiger partial charge in [0.15, 0.2) is 5.82 Å². The lowest BCUT2D eigenvalue weighted by molar-refractivity contribution is 0.109. The molecule has 6 heteroatoms. The van der Waals surface area contributed by atoms with E-state index in [2.05, 4.69) is 33.2 Å². The highest BCUT2D eigenvalue weighted by Gasteiger charge is 2.19. The van der Waals surface area contributed by atoms with Crippen LogP contribution in [0.3, 0.4) is 0 Å². The molecule has 1 N–H and O–H groups in total. The standard InChI is InChI=1S/C13H14BrN3OS/c1-2-15-12-8-7-18-5-3-10(8)16-13(17-12)11-9(14)4-6-19-11/h4,6H,2-3,5,7H2,1H3,(H,15,16,17). The molecule has 0 radical (unpaired) electrons. The predicted octanol–water partition coefficient (Wildman–Crippen LogP) is 3.47. The van der Waals surface area contributed by atoms with Crippen molar-refractivity contribution in [1.29, 1.82) is 0 Å². The summed E-state index contributed by atoms with van der Waals surface area (Å²) in [6, 6.07) is 2.03. The molecule has 2 aromatic rings. The summed E-state index contributed by atoms with van der Waals surface area (Å²) >= 11 is 5.20. The topological polar surface area (TPSA) is 47.0 Å². The fraction of sp³-hybridized carbons (Fsp3) is 0.385. The normalized spacial score (nSPS) is 14.2. The fourth-order valence-electron chi connectivity index (χ4n) is 2.10. The molecule has 3 heterocycles. The molecule has 0 saturated carbocycles. The van der Waals surface area contributed by atoms with E-state index in [1.54, 1.807) is 11.3 Å². The van der Waals surface area contributed by atoms with E-state index in [0.717, 1.165) is 51.8 Å². The largest absolute Gasteiger partial charge is 0.376 e. The number of aromatic nitrogens is 2. The molecule has 1 aliphatic heterocycles. The first-order valence-corrected chi connectivity index (χ1v) is 7.91. The summed E-state index contributed by atoms with van der Waals surface area (Å²) in [5.74, 6) is 1.70. The maximum Gasteiger partial charge on any atom is 0.173 e. The summed E-state index contributed by atoms with van der Waals surface area (Å²) in [4.78, 5) is 10.4. The Morgan fingerprint density at radius 3 is 3.11 bits per heavy atom. The molecule has 0 spiro atoms. The van der Waals surface area contributed by atoms with Crippen molar-refractivity contribution in [2.45, 2.75) is 20.0 Å². The van der Waals surface area contributed by atoms with Gasteiger partial charge in [0, 0.05) is 23.0 Å². The highest BCUT2D eigenvalue weighted by Crippen LogP contribution is 2.33. The molecule has 0 unspecified atom stereocenters. The number of fused-ring (bicyclic) bond motifs is 1. The van der Waals surface area contributed by atoms with Crippen molar-refractivity contribution in [1.82, 2.24) is 9.97 Å². The third-order valence-electron chi connectivity index (χ3n) is 2.99. The summed E-state index contributed by atoms with van der Waals surface area (Å²) in [6.07, 6.45) is 0.853. The van der Waals surface area contributed by atoms with Gasteiger partial charge in [-0.2, -0.15) is 0 Å². The number of ether oxygens (including phenoxy) is 1. The van der Waals surface area contributed by atoms with Crippen LogP contribution >= 0.6 is 27.3 Å². The van der Waals surface area contributed by atoms with Gasteiger partial charge in [-0.05, 0) is 34.3 Å². The lowest BCUT2D eigenvalue weighted by Gasteiger charge is -2.19. The van der Waals surface area contributed by atoms with Gasteiger partial charge in [0.2, 0.25) is 0 Å². The predicted molar refractivity (Wildman–Crippen MR) is 80.6 cm³/mol. The van der Waals surface area contributed by atoms with Gasteiger partial charge in [-0.1, -0.05) is 0 Å². The fourth-order valence-corrected chi connectivity index (χ4v) is 3.58. The third-order valence-corrected chi connectivity index (χ3v) is 4.82. The Morgan fingerprint density at radius 1 is 1.47 bits per heavy atom. The van der Waals surface area contributed by atoms with Gasteiger partial charge in [-0.25, -0.2) is 9.97 Å². The van der Waals surface area contributed by atoms with Gasteiger partial charge in [-0.15, -0.1) is 11.3 Å². The SMILES string of the molecule is CCNc1nc(-c2sccc2Br)nc2c1COCC2. The van der Waals surface area contributed by atoms with E-state index < -0.39 is 0 Å². The van der Waals surface area contributed by atoms with Gasteiger partial charge in [-0.3, -0.25) is 0 Å². The van der Waals surface area contributed by atoms with E-state index in [0.29, 0.717) is 6.61 Å². The molecular formula is C13H14BrN3OS. The minimum atomic E-state index is 0.601. The molecule has 0 aromatic carbocycles. The summed E-state index contributed by atoms with van der Waals surface area (Å²) in [6.45, 7) is 4.25. The third kappa shape index (κ3) is 2.52. The molecule has 0 aliphatic carbocycles. The van der Waals surface area contributed by atoms with E-state index in [-0.39, 0.29) is 0 Å². The van der Waals surface area contributed by atoms with Crippen molar-refractivity contribution in [2.75, 3.05) is 18.5 Å².